The van der Waals surface area contributed by atoms with Crippen molar-refractivity contribution in [3.63, 3.8) is 0 Å². The van der Waals surface area contributed by atoms with Crippen molar-refractivity contribution in [2.45, 2.75) is 70.6 Å². The van der Waals surface area contributed by atoms with Gasteiger partial charge in [-0.1, -0.05) is 12.1 Å². The van der Waals surface area contributed by atoms with Crippen molar-refractivity contribution in [1.29, 1.82) is 0 Å². The normalized spacial score (nSPS) is 21.4. The summed E-state index contributed by atoms with van der Waals surface area (Å²) in [6, 6.07) is 5.34. The lowest BCUT2D eigenvalue weighted by atomic mass is 9.99. The smallest absolute Gasteiger partial charge is 0.410 e. The van der Waals surface area contributed by atoms with Gasteiger partial charge in [-0.25, -0.2) is 9.59 Å². The van der Waals surface area contributed by atoms with Gasteiger partial charge in [0, 0.05) is 25.6 Å². The molecule has 1 unspecified atom stereocenters. The fraction of sp³-hybridized carbons (Fsp3) is 0.520. The van der Waals surface area contributed by atoms with Gasteiger partial charge in [0.05, 0.1) is 11.0 Å². The van der Waals surface area contributed by atoms with Gasteiger partial charge < -0.3 is 9.64 Å². The molecule has 3 amide bonds. The van der Waals surface area contributed by atoms with E-state index >= 15 is 0 Å². The van der Waals surface area contributed by atoms with Crippen molar-refractivity contribution in [3.8, 4) is 0 Å². The van der Waals surface area contributed by atoms with Crippen molar-refractivity contribution in [1.82, 2.24) is 19.4 Å². The van der Waals surface area contributed by atoms with Crippen LogP contribution in [0.5, 0.6) is 0 Å². The summed E-state index contributed by atoms with van der Waals surface area (Å²) in [5.74, 6) is -0.721. The van der Waals surface area contributed by atoms with Crippen LogP contribution in [0.15, 0.2) is 29.1 Å². The first-order valence-corrected chi connectivity index (χ1v) is 11.9. The molecule has 1 N–H and O–H groups in total. The number of rotatable bonds is 3. The van der Waals surface area contributed by atoms with Gasteiger partial charge in [0.15, 0.2) is 0 Å². The molecule has 3 heterocycles. The lowest BCUT2D eigenvalue weighted by molar-refractivity contribution is -0.135. The van der Waals surface area contributed by atoms with E-state index in [1.807, 2.05) is 45.0 Å². The fourth-order valence-corrected chi connectivity index (χ4v) is 4.78. The Morgan fingerprint density at radius 3 is 2.41 bits per heavy atom. The highest BCUT2D eigenvalue weighted by atomic mass is 16.6. The third-order valence-corrected chi connectivity index (χ3v) is 6.57. The first kappa shape index (κ1) is 22.4. The molecule has 0 spiro atoms. The van der Waals surface area contributed by atoms with Crippen molar-refractivity contribution in [2.75, 3.05) is 13.1 Å². The molecule has 1 saturated carbocycles. The Balaban J connectivity index is 1.47. The number of nitrogens with one attached hydrogen (secondary N) is 1. The Kier molecular flexibility index (Phi) is 5.37. The lowest BCUT2D eigenvalue weighted by Crippen LogP contribution is -2.44. The summed E-state index contributed by atoms with van der Waals surface area (Å²) in [6.07, 6.45) is 4.82. The van der Waals surface area contributed by atoms with E-state index in [9.17, 15) is 19.2 Å². The van der Waals surface area contributed by atoms with Gasteiger partial charge in [-0.15, -0.1) is 0 Å². The molecule has 2 aromatic rings. The Morgan fingerprint density at radius 1 is 1.03 bits per heavy atom. The van der Waals surface area contributed by atoms with Crippen LogP contribution in [0.3, 0.4) is 0 Å². The van der Waals surface area contributed by atoms with E-state index in [1.54, 1.807) is 14.0 Å². The Hall–Kier alpha value is -3.36. The molecule has 5 rings (SSSR count). The van der Waals surface area contributed by atoms with Crippen LogP contribution in [0.25, 0.3) is 16.6 Å². The summed E-state index contributed by atoms with van der Waals surface area (Å²) in [5, 5.41) is 2.37. The van der Waals surface area contributed by atoms with Gasteiger partial charge in [-0.3, -0.25) is 24.0 Å². The number of carbonyl (C=O) groups is 3. The second-order valence-corrected chi connectivity index (χ2v) is 10.3. The molecule has 0 bridgehead atoms. The van der Waals surface area contributed by atoms with Gasteiger partial charge in [0.1, 0.15) is 11.6 Å². The molecule has 2 aliphatic heterocycles. The van der Waals surface area contributed by atoms with Gasteiger partial charge in [-0.2, -0.15) is 0 Å². The number of fused-ring (bicyclic) bond motifs is 1. The minimum absolute atomic E-state index is 0.141. The van der Waals surface area contributed by atoms with Crippen LogP contribution < -0.4 is 11.0 Å². The molecule has 1 aromatic carbocycles. The molecule has 1 atom stereocenters. The minimum atomic E-state index is -0.685. The third kappa shape index (κ3) is 4.15. The maximum Gasteiger partial charge on any atom is 0.410 e. The van der Waals surface area contributed by atoms with Crippen molar-refractivity contribution in [3.05, 3.63) is 40.3 Å². The first-order valence-electron chi connectivity index (χ1n) is 11.9. The number of ether oxygens (including phenoxy) is 1. The number of benzene rings is 1. The maximum absolute atomic E-state index is 13.4. The van der Waals surface area contributed by atoms with Crippen LogP contribution in [0.4, 0.5) is 4.79 Å². The van der Waals surface area contributed by atoms with Crippen LogP contribution in [0.2, 0.25) is 0 Å². The Morgan fingerprint density at radius 2 is 1.79 bits per heavy atom. The Labute approximate surface area is 197 Å². The third-order valence-electron chi connectivity index (χ3n) is 6.57. The molecule has 34 heavy (non-hydrogen) atoms. The first-order chi connectivity index (χ1) is 16.1. The summed E-state index contributed by atoms with van der Waals surface area (Å²) in [7, 11) is 0. The van der Waals surface area contributed by atoms with Crippen LogP contribution in [-0.4, -0.2) is 50.6 Å². The van der Waals surface area contributed by atoms with Crippen molar-refractivity contribution >= 4 is 34.5 Å². The topological polar surface area (TPSA) is 103 Å². The van der Waals surface area contributed by atoms with E-state index in [1.165, 1.54) is 0 Å². The molecule has 0 radical (unpaired) electrons. The number of imidazole rings is 1. The van der Waals surface area contributed by atoms with E-state index in [-0.39, 0.29) is 30.2 Å². The molecular weight excluding hydrogens is 436 g/mol. The fourth-order valence-electron chi connectivity index (χ4n) is 4.78. The molecule has 3 aliphatic rings. The quantitative estimate of drug-likeness (QED) is 0.700. The number of nitrogens with zero attached hydrogens (tertiary/aromatic N) is 3. The van der Waals surface area contributed by atoms with Crippen LogP contribution in [0.1, 0.15) is 70.5 Å². The zero-order valence-electron chi connectivity index (χ0n) is 19.8. The zero-order valence-corrected chi connectivity index (χ0v) is 19.8. The molecule has 9 heteroatoms. The molecule has 1 aromatic heterocycles. The summed E-state index contributed by atoms with van der Waals surface area (Å²) in [4.78, 5) is 51.6. The second-order valence-electron chi connectivity index (χ2n) is 10.3. The minimum Gasteiger partial charge on any atom is -0.444 e. The van der Waals surface area contributed by atoms with Crippen molar-refractivity contribution in [2.24, 2.45) is 0 Å². The second kappa shape index (κ2) is 8.14. The van der Waals surface area contributed by atoms with Crippen molar-refractivity contribution < 1.29 is 19.1 Å². The number of carbonyl (C=O) groups excluding carboxylic acids is 3. The van der Waals surface area contributed by atoms with E-state index in [2.05, 4.69) is 5.32 Å². The van der Waals surface area contributed by atoms with Gasteiger partial charge in [0.2, 0.25) is 11.8 Å². The molecule has 2 fully saturated rings. The van der Waals surface area contributed by atoms with E-state index in [0.29, 0.717) is 31.4 Å². The number of piperidine rings is 1. The van der Waals surface area contributed by atoms with Crippen LogP contribution in [0, 0.1) is 0 Å². The van der Waals surface area contributed by atoms with E-state index in [0.717, 1.165) is 29.5 Å². The molecule has 180 valence electrons. The molecule has 1 saturated heterocycles. The number of amides is 3. The number of aromatic nitrogens is 2. The monoisotopic (exact) mass is 466 g/mol. The van der Waals surface area contributed by atoms with Crippen LogP contribution in [-0.2, 0) is 14.3 Å². The van der Waals surface area contributed by atoms with Gasteiger partial charge >= 0.3 is 11.8 Å². The highest BCUT2D eigenvalue weighted by molar-refractivity contribution is 6.00. The van der Waals surface area contributed by atoms with E-state index in [4.69, 9.17) is 4.74 Å². The molecule has 1 aliphatic carbocycles. The summed E-state index contributed by atoms with van der Waals surface area (Å²) >= 11 is 0. The maximum atomic E-state index is 13.4. The Bertz CT molecular complexity index is 1270. The van der Waals surface area contributed by atoms with E-state index < -0.39 is 17.6 Å². The summed E-state index contributed by atoms with van der Waals surface area (Å²) < 4.78 is 8.84. The number of hydrogen-bond donors (Lipinski definition) is 1. The molecular formula is C25H30N4O5. The number of imide groups is 1. The standard InChI is InChI=1S/C25H30N4O5/c1-25(2,3)34-24(33)27-12-10-15(11-13-27)16-4-7-18-20(14-16)28(17-5-6-17)23(32)29(18)19-8-9-21(30)26-22(19)31/h4,7,10,14,17,19H,5-6,8-9,11-13H2,1-3H3,(H,26,30,31). The highest BCUT2D eigenvalue weighted by Crippen LogP contribution is 2.38. The predicted octanol–water partition coefficient (Wildman–Crippen LogP) is 3.14. The lowest BCUT2D eigenvalue weighted by Gasteiger charge is -2.29. The summed E-state index contributed by atoms with van der Waals surface area (Å²) in [5.41, 5.74) is 2.91. The zero-order chi connectivity index (χ0) is 24.2. The molecule has 9 nitrogen and oxygen atoms in total. The van der Waals surface area contributed by atoms with Gasteiger partial charge in [0.25, 0.3) is 0 Å². The average molecular weight is 467 g/mol. The van der Waals surface area contributed by atoms with Gasteiger partial charge in [-0.05, 0) is 69.7 Å². The van der Waals surface area contributed by atoms with Crippen LogP contribution >= 0.6 is 0 Å². The number of hydrogen-bond acceptors (Lipinski definition) is 5. The summed E-state index contributed by atoms with van der Waals surface area (Å²) in [6.45, 7) is 6.59. The largest absolute Gasteiger partial charge is 0.444 e. The SMILES string of the molecule is CC(C)(C)OC(=O)N1CC=C(c2ccc3c(c2)n(C2CC2)c(=O)n3C2CCC(=O)NC2=O)CC1. The average Bonchev–Trinajstić information content (AvgIpc) is 3.56. The highest BCUT2D eigenvalue weighted by Gasteiger charge is 2.35. The predicted molar refractivity (Wildman–Crippen MR) is 126 cm³/mol.